The van der Waals surface area contributed by atoms with Gasteiger partial charge in [0.15, 0.2) is 0 Å². The van der Waals surface area contributed by atoms with E-state index >= 15 is 0 Å². The van der Waals surface area contributed by atoms with Gasteiger partial charge in [0.1, 0.15) is 11.6 Å². The van der Waals surface area contributed by atoms with E-state index in [-0.39, 0.29) is 11.8 Å². The van der Waals surface area contributed by atoms with E-state index in [0.29, 0.717) is 24.1 Å². The fourth-order valence-corrected chi connectivity index (χ4v) is 4.02. The summed E-state index contributed by atoms with van der Waals surface area (Å²) in [4.78, 5) is 32.7. The molecule has 0 spiro atoms. The lowest BCUT2D eigenvalue weighted by molar-refractivity contribution is -0.127. The maximum Gasteiger partial charge on any atom is 0.246 e. The number of hydrogen-bond donors (Lipinski definition) is 1. The molecule has 0 aliphatic carbocycles. The lowest BCUT2D eigenvalue weighted by Crippen LogP contribution is -2.38. The van der Waals surface area contributed by atoms with E-state index in [1.165, 1.54) is 0 Å². The third-order valence-corrected chi connectivity index (χ3v) is 5.45. The Bertz CT molecular complexity index is 1110. The summed E-state index contributed by atoms with van der Waals surface area (Å²) in [6.07, 6.45) is 5.46. The summed E-state index contributed by atoms with van der Waals surface area (Å²) in [7, 11) is 0. The van der Waals surface area contributed by atoms with E-state index < -0.39 is 0 Å². The molecule has 3 heterocycles. The second kappa shape index (κ2) is 9.68. The number of piperidine rings is 1. The van der Waals surface area contributed by atoms with Gasteiger partial charge < -0.3 is 10.2 Å². The van der Waals surface area contributed by atoms with Crippen LogP contribution in [0.5, 0.6) is 0 Å². The number of amides is 1. The summed E-state index contributed by atoms with van der Waals surface area (Å²) in [5.74, 6) is 2.08. The minimum absolute atomic E-state index is 0.0336. The molecule has 0 saturated carbocycles. The number of hydrogen-bond acceptors (Lipinski definition) is 6. The average molecular weight is 429 g/mol. The van der Waals surface area contributed by atoms with Crippen LogP contribution in [0.2, 0.25) is 0 Å². The van der Waals surface area contributed by atoms with Gasteiger partial charge >= 0.3 is 0 Å². The van der Waals surface area contributed by atoms with E-state index in [1.54, 1.807) is 6.08 Å². The standard InChI is InChI=1S/C25H28N6O/c1-17-14-18(2)27-25(26-17)30-23-15-22(28-19(3)29-23)21-10-7-13-31(16-21)24(32)12-11-20-8-5-4-6-9-20/h4-6,8-9,11-12,14-15,21H,7,10,13,16H2,1-3H3,(H,26,27,28,29,30)/b12-11+/t21-/m0/s1. The maximum atomic E-state index is 12.8. The number of anilines is 2. The van der Waals surface area contributed by atoms with Crippen molar-refractivity contribution in [2.45, 2.75) is 39.5 Å². The summed E-state index contributed by atoms with van der Waals surface area (Å²) in [6, 6.07) is 13.8. The van der Waals surface area contributed by atoms with Gasteiger partial charge in [0.05, 0.1) is 5.69 Å². The molecule has 1 N–H and O–H groups in total. The first-order chi connectivity index (χ1) is 15.5. The Kier molecular flexibility index (Phi) is 6.54. The Morgan fingerprint density at radius 3 is 2.53 bits per heavy atom. The minimum atomic E-state index is 0.0336. The molecule has 1 amide bonds. The highest BCUT2D eigenvalue weighted by Gasteiger charge is 2.25. The van der Waals surface area contributed by atoms with Gasteiger partial charge in [-0.1, -0.05) is 30.3 Å². The quantitative estimate of drug-likeness (QED) is 0.608. The van der Waals surface area contributed by atoms with Crippen LogP contribution in [0, 0.1) is 20.8 Å². The number of aromatic nitrogens is 4. The summed E-state index contributed by atoms with van der Waals surface area (Å²) < 4.78 is 0. The number of rotatable bonds is 5. The van der Waals surface area contributed by atoms with Crippen LogP contribution in [-0.2, 0) is 4.79 Å². The number of nitrogens with one attached hydrogen (secondary N) is 1. The molecule has 4 rings (SSSR count). The van der Waals surface area contributed by atoms with Crippen molar-refractivity contribution in [3.63, 3.8) is 0 Å². The zero-order valence-corrected chi connectivity index (χ0v) is 18.7. The predicted molar refractivity (Wildman–Crippen MR) is 126 cm³/mol. The van der Waals surface area contributed by atoms with Crippen LogP contribution in [0.4, 0.5) is 11.8 Å². The van der Waals surface area contributed by atoms with Crippen LogP contribution >= 0.6 is 0 Å². The van der Waals surface area contributed by atoms with E-state index in [1.807, 2.05) is 74.2 Å². The van der Waals surface area contributed by atoms with Crippen molar-refractivity contribution in [1.82, 2.24) is 24.8 Å². The maximum absolute atomic E-state index is 12.8. The largest absolute Gasteiger partial charge is 0.338 e. The molecule has 1 saturated heterocycles. The van der Waals surface area contributed by atoms with Crippen molar-refractivity contribution in [3.05, 3.63) is 77.0 Å². The first kappa shape index (κ1) is 21.6. The van der Waals surface area contributed by atoms with Gasteiger partial charge in [-0.05, 0) is 51.3 Å². The molecule has 7 nitrogen and oxygen atoms in total. The van der Waals surface area contributed by atoms with E-state index in [4.69, 9.17) is 0 Å². The smallest absolute Gasteiger partial charge is 0.246 e. The molecule has 3 aromatic rings. The fourth-order valence-electron chi connectivity index (χ4n) is 4.02. The number of aryl methyl sites for hydroxylation is 3. The monoisotopic (exact) mass is 428 g/mol. The first-order valence-electron chi connectivity index (χ1n) is 10.9. The van der Waals surface area contributed by atoms with Gasteiger partial charge in [-0.15, -0.1) is 0 Å². The SMILES string of the molecule is Cc1cc(C)nc(Nc2cc([C@H]3CCCN(C(=O)/C=C/c4ccccc4)C3)nc(C)n2)n1. The third-order valence-electron chi connectivity index (χ3n) is 5.45. The predicted octanol–water partition coefficient (Wildman–Crippen LogP) is 4.35. The summed E-state index contributed by atoms with van der Waals surface area (Å²) in [5, 5.41) is 3.21. The van der Waals surface area contributed by atoms with E-state index in [0.717, 1.165) is 42.0 Å². The highest BCUT2D eigenvalue weighted by Crippen LogP contribution is 2.27. The van der Waals surface area contributed by atoms with Crippen molar-refractivity contribution in [2.75, 3.05) is 18.4 Å². The van der Waals surface area contributed by atoms with Crippen LogP contribution in [0.1, 0.15) is 47.2 Å². The first-order valence-corrected chi connectivity index (χ1v) is 10.9. The van der Waals surface area contributed by atoms with Crippen LogP contribution in [-0.4, -0.2) is 43.8 Å². The zero-order valence-electron chi connectivity index (χ0n) is 18.7. The molecule has 1 aromatic carbocycles. The Hall–Kier alpha value is -3.61. The molecular formula is C25H28N6O. The third kappa shape index (κ3) is 5.55. The molecule has 0 bridgehead atoms. The molecule has 32 heavy (non-hydrogen) atoms. The molecule has 7 heteroatoms. The Morgan fingerprint density at radius 2 is 1.78 bits per heavy atom. The Labute approximate surface area is 188 Å². The Morgan fingerprint density at radius 1 is 1.03 bits per heavy atom. The van der Waals surface area contributed by atoms with Crippen LogP contribution in [0.15, 0.2) is 48.5 Å². The van der Waals surface area contributed by atoms with E-state index in [2.05, 4.69) is 25.3 Å². The van der Waals surface area contributed by atoms with Gasteiger partial charge in [0, 0.05) is 42.5 Å². The molecule has 0 radical (unpaired) electrons. The van der Waals surface area contributed by atoms with Gasteiger partial charge in [-0.25, -0.2) is 19.9 Å². The molecule has 1 fully saturated rings. The van der Waals surface area contributed by atoms with Gasteiger partial charge in [0.25, 0.3) is 0 Å². The topological polar surface area (TPSA) is 83.9 Å². The summed E-state index contributed by atoms with van der Waals surface area (Å²) >= 11 is 0. The molecule has 0 unspecified atom stereocenters. The molecule has 2 aromatic heterocycles. The molecule has 1 atom stereocenters. The van der Waals surface area contributed by atoms with Crippen molar-refractivity contribution in [1.29, 1.82) is 0 Å². The van der Waals surface area contributed by atoms with Crippen LogP contribution < -0.4 is 5.32 Å². The van der Waals surface area contributed by atoms with Crippen molar-refractivity contribution in [2.24, 2.45) is 0 Å². The minimum Gasteiger partial charge on any atom is -0.338 e. The normalized spacial score (nSPS) is 16.3. The van der Waals surface area contributed by atoms with Crippen molar-refractivity contribution < 1.29 is 4.79 Å². The number of benzene rings is 1. The van der Waals surface area contributed by atoms with Gasteiger partial charge in [-0.2, -0.15) is 0 Å². The summed E-state index contributed by atoms with van der Waals surface area (Å²) in [6.45, 7) is 7.17. The highest BCUT2D eigenvalue weighted by atomic mass is 16.2. The number of carbonyl (C=O) groups is 1. The van der Waals surface area contributed by atoms with Gasteiger partial charge in [0.2, 0.25) is 11.9 Å². The van der Waals surface area contributed by atoms with E-state index in [9.17, 15) is 4.79 Å². The second-order valence-electron chi connectivity index (χ2n) is 8.19. The summed E-state index contributed by atoms with van der Waals surface area (Å²) in [5.41, 5.74) is 3.76. The average Bonchev–Trinajstić information content (AvgIpc) is 2.77. The number of carbonyl (C=O) groups excluding carboxylic acids is 1. The molecule has 1 aliphatic rings. The van der Waals surface area contributed by atoms with Crippen LogP contribution in [0.3, 0.4) is 0 Å². The zero-order chi connectivity index (χ0) is 22.5. The number of nitrogens with zero attached hydrogens (tertiary/aromatic N) is 5. The fraction of sp³-hybridized carbons (Fsp3) is 0.320. The van der Waals surface area contributed by atoms with Crippen molar-refractivity contribution in [3.8, 4) is 0 Å². The lowest BCUT2D eigenvalue weighted by Gasteiger charge is -2.32. The molecule has 1 aliphatic heterocycles. The van der Waals surface area contributed by atoms with Crippen LogP contribution in [0.25, 0.3) is 6.08 Å². The number of likely N-dealkylation sites (tertiary alicyclic amines) is 1. The second-order valence-corrected chi connectivity index (χ2v) is 8.19. The van der Waals surface area contributed by atoms with Crippen molar-refractivity contribution >= 4 is 23.7 Å². The molecular weight excluding hydrogens is 400 g/mol. The lowest BCUT2D eigenvalue weighted by atomic mass is 9.94. The Balaban J connectivity index is 1.48. The van der Waals surface area contributed by atoms with Gasteiger partial charge in [-0.3, -0.25) is 4.79 Å². The highest BCUT2D eigenvalue weighted by molar-refractivity contribution is 5.91. The molecule has 164 valence electrons.